The van der Waals surface area contributed by atoms with Gasteiger partial charge in [-0.2, -0.15) is 0 Å². The SMILES string of the molecule is CC(=O)OCC1OC(OC(C)=O)C(C)[C@@H](OC(C)=O)[C@@H]1C. The van der Waals surface area contributed by atoms with E-state index in [4.69, 9.17) is 18.9 Å². The molecule has 0 aliphatic carbocycles. The van der Waals surface area contributed by atoms with Crippen molar-refractivity contribution in [3.63, 3.8) is 0 Å². The van der Waals surface area contributed by atoms with Crippen LogP contribution in [0.25, 0.3) is 0 Å². The smallest absolute Gasteiger partial charge is 0.304 e. The summed E-state index contributed by atoms with van der Waals surface area (Å²) in [5.41, 5.74) is 0. The third-order valence-corrected chi connectivity index (χ3v) is 3.40. The van der Waals surface area contributed by atoms with Crippen molar-refractivity contribution in [2.75, 3.05) is 6.61 Å². The van der Waals surface area contributed by atoms with E-state index in [1.54, 1.807) is 6.92 Å². The summed E-state index contributed by atoms with van der Waals surface area (Å²) < 4.78 is 21.0. The Morgan fingerprint density at radius 1 is 0.905 bits per heavy atom. The van der Waals surface area contributed by atoms with Crippen molar-refractivity contribution in [2.45, 2.75) is 53.1 Å². The molecule has 0 amide bonds. The van der Waals surface area contributed by atoms with Crippen molar-refractivity contribution in [1.82, 2.24) is 0 Å². The summed E-state index contributed by atoms with van der Waals surface area (Å²) in [6.07, 6.45) is -1.84. The van der Waals surface area contributed by atoms with Gasteiger partial charge in [-0.1, -0.05) is 13.8 Å². The number of esters is 3. The van der Waals surface area contributed by atoms with Crippen LogP contribution in [0.1, 0.15) is 34.6 Å². The van der Waals surface area contributed by atoms with Crippen molar-refractivity contribution >= 4 is 17.9 Å². The Kier molecular flexibility index (Phi) is 6.14. The van der Waals surface area contributed by atoms with Crippen LogP contribution >= 0.6 is 0 Å². The summed E-state index contributed by atoms with van der Waals surface area (Å²) in [5, 5.41) is 0. The summed E-state index contributed by atoms with van der Waals surface area (Å²) in [6.45, 7) is 7.51. The van der Waals surface area contributed by atoms with E-state index in [1.807, 2.05) is 6.92 Å². The highest BCUT2D eigenvalue weighted by Gasteiger charge is 2.45. The molecule has 0 aromatic heterocycles. The lowest BCUT2D eigenvalue weighted by molar-refractivity contribution is -0.263. The molecule has 7 heteroatoms. The lowest BCUT2D eigenvalue weighted by Crippen LogP contribution is -2.53. The van der Waals surface area contributed by atoms with Crippen LogP contribution in [0.15, 0.2) is 0 Å². The standard InChI is InChI=1S/C14H22O7/c1-7-12(6-18-9(3)15)21-14(20-11(5)17)8(2)13(7)19-10(4)16/h7-8,12-14H,6H2,1-5H3/t7-,8?,12?,13+,14?/m1/s1. The van der Waals surface area contributed by atoms with E-state index in [1.165, 1.54) is 20.8 Å². The van der Waals surface area contributed by atoms with Gasteiger partial charge in [-0.3, -0.25) is 14.4 Å². The average Bonchev–Trinajstić information content (AvgIpc) is 2.35. The minimum absolute atomic E-state index is 0.0126. The van der Waals surface area contributed by atoms with Gasteiger partial charge >= 0.3 is 17.9 Å². The maximum Gasteiger partial charge on any atom is 0.304 e. The number of carbonyl (C=O) groups excluding carboxylic acids is 3. The molecular formula is C14H22O7. The van der Waals surface area contributed by atoms with Gasteiger partial charge in [-0.25, -0.2) is 0 Å². The monoisotopic (exact) mass is 302 g/mol. The largest absolute Gasteiger partial charge is 0.463 e. The van der Waals surface area contributed by atoms with Gasteiger partial charge in [0.05, 0.1) is 5.92 Å². The van der Waals surface area contributed by atoms with Crippen molar-refractivity contribution in [2.24, 2.45) is 11.8 Å². The molecule has 120 valence electrons. The molecular weight excluding hydrogens is 280 g/mol. The first-order chi connectivity index (χ1) is 9.72. The molecule has 1 rings (SSSR count). The first-order valence-electron chi connectivity index (χ1n) is 6.85. The Morgan fingerprint density at radius 2 is 1.48 bits per heavy atom. The Bertz CT molecular complexity index is 406. The zero-order valence-corrected chi connectivity index (χ0v) is 13.0. The zero-order chi connectivity index (χ0) is 16.2. The third-order valence-electron chi connectivity index (χ3n) is 3.40. The molecule has 0 aromatic carbocycles. The average molecular weight is 302 g/mol. The molecule has 0 N–H and O–H groups in total. The van der Waals surface area contributed by atoms with Crippen molar-refractivity contribution in [3.05, 3.63) is 0 Å². The molecule has 1 fully saturated rings. The van der Waals surface area contributed by atoms with Gasteiger partial charge in [0.2, 0.25) is 6.29 Å². The van der Waals surface area contributed by atoms with Crippen LogP contribution in [-0.4, -0.2) is 43.0 Å². The molecule has 0 spiro atoms. The first kappa shape index (κ1) is 17.4. The highest BCUT2D eigenvalue weighted by molar-refractivity contribution is 5.67. The third kappa shape index (κ3) is 5.00. The number of ether oxygens (including phenoxy) is 4. The predicted octanol–water partition coefficient (Wildman–Crippen LogP) is 1.04. The molecule has 21 heavy (non-hydrogen) atoms. The van der Waals surface area contributed by atoms with Crippen LogP contribution in [-0.2, 0) is 33.3 Å². The molecule has 7 nitrogen and oxygen atoms in total. The van der Waals surface area contributed by atoms with E-state index in [0.29, 0.717) is 0 Å². The summed E-state index contributed by atoms with van der Waals surface area (Å²) in [5.74, 6) is -1.86. The first-order valence-corrected chi connectivity index (χ1v) is 6.85. The highest BCUT2D eigenvalue weighted by atomic mass is 16.7. The summed E-state index contributed by atoms with van der Waals surface area (Å²) in [4.78, 5) is 33.3. The number of hydrogen-bond donors (Lipinski definition) is 0. The maximum absolute atomic E-state index is 11.2. The second-order valence-corrected chi connectivity index (χ2v) is 5.25. The fraction of sp³-hybridized carbons (Fsp3) is 0.786. The molecule has 1 aliphatic rings. The number of hydrogen-bond acceptors (Lipinski definition) is 7. The fourth-order valence-electron chi connectivity index (χ4n) is 2.36. The van der Waals surface area contributed by atoms with Crippen molar-refractivity contribution in [3.8, 4) is 0 Å². The van der Waals surface area contributed by atoms with Crippen LogP contribution in [0.2, 0.25) is 0 Å². The molecule has 3 unspecified atom stereocenters. The van der Waals surface area contributed by atoms with Gasteiger partial charge in [0.1, 0.15) is 18.8 Å². The fourth-order valence-corrected chi connectivity index (χ4v) is 2.36. The van der Waals surface area contributed by atoms with Crippen LogP contribution in [0.5, 0.6) is 0 Å². The molecule has 1 saturated heterocycles. The molecule has 0 radical (unpaired) electrons. The van der Waals surface area contributed by atoms with Gasteiger partial charge < -0.3 is 18.9 Å². The number of rotatable bonds is 4. The maximum atomic E-state index is 11.2. The van der Waals surface area contributed by atoms with E-state index in [0.717, 1.165) is 0 Å². The molecule has 1 aliphatic heterocycles. The van der Waals surface area contributed by atoms with Crippen LogP contribution in [0.4, 0.5) is 0 Å². The molecule has 0 saturated carbocycles. The quantitative estimate of drug-likeness (QED) is 0.566. The van der Waals surface area contributed by atoms with E-state index >= 15 is 0 Å². The van der Waals surface area contributed by atoms with Crippen LogP contribution < -0.4 is 0 Å². The van der Waals surface area contributed by atoms with Gasteiger partial charge in [0.15, 0.2) is 0 Å². The second-order valence-electron chi connectivity index (χ2n) is 5.25. The van der Waals surface area contributed by atoms with Crippen LogP contribution in [0, 0.1) is 11.8 Å². The van der Waals surface area contributed by atoms with Gasteiger partial charge in [0, 0.05) is 26.7 Å². The normalized spacial score (nSPS) is 32.1. The number of carbonyl (C=O) groups is 3. The summed E-state index contributed by atoms with van der Waals surface area (Å²) >= 11 is 0. The second kappa shape index (κ2) is 7.40. The van der Waals surface area contributed by atoms with E-state index in [2.05, 4.69) is 0 Å². The summed E-state index contributed by atoms with van der Waals surface area (Å²) in [6, 6.07) is 0. The minimum Gasteiger partial charge on any atom is -0.463 e. The Hall–Kier alpha value is -1.63. The van der Waals surface area contributed by atoms with E-state index < -0.39 is 36.4 Å². The van der Waals surface area contributed by atoms with Crippen LogP contribution in [0.3, 0.4) is 0 Å². The minimum atomic E-state index is -0.844. The lowest BCUT2D eigenvalue weighted by Gasteiger charge is -2.42. The van der Waals surface area contributed by atoms with E-state index in [-0.39, 0.29) is 18.4 Å². The van der Waals surface area contributed by atoms with E-state index in [9.17, 15) is 14.4 Å². The topological polar surface area (TPSA) is 88.1 Å². The molecule has 1 heterocycles. The van der Waals surface area contributed by atoms with Gasteiger partial charge in [-0.15, -0.1) is 0 Å². The van der Waals surface area contributed by atoms with Gasteiger partial charge in [-0.05, 0) is 0 Å². The van der Waals surface area contributed by atoms with Crippen molar-refractivity contribution < 1.29 is 33.3 Å². The molecule has 5 atom stereocenters. The highest BCUT2D eigenvalue weighted by Crippen LogP contribution is 2.33. The summed E-state index contributed by atoms with van der Waals surface area (Å²) in [7, 11) is 0. The lowest BCUT2D eigenvalue weighted by atomic mass is 9.86. The Labute approximate surface area is 123 Å². The Morgan fingerprint density at radius 3 is 1.95 bits per heavy atom. The van der Waals surface area contributed by atoms with Crippen molar-refractivity contribution in [1.29, 1.82) is 0 Å². The zero-order valence-electron chi connectivity index (χ0n) is 13.0. The molecule has 0 bridgehead atoms. The molecule has 0 aromatic rings. The Balaban J connectivity index is 2.86. The van der Waals surface area contributed by atoms with Gasteiger partial charge in [0.25, 0.3) is 0 Å². The predicted molar refractivity (Wildman–Crippen MR) is 70.9 cm³/mol.